The van der Waals surface area contributed by atoms with Crippen molar-refractivity contribution < 1.29 is 4.79 Å². The van der Waals surface area contributed by atoms with E-state index in [1.54, 1.807) is 19.0 Å². The number of hydrogen-bond acceptors (Lipinski definition) is 4. The molecule has 1 heterocycles. The topological polar surface area (TPSA) is 51.0 Å². The molecule has 0 fully saturated rings. The molecule has 1 unspecified atom stereocenters. The van der Waals surface area contributed by atoms with E-state index < -0.39 is 0 Å². The van der Waals surface area contributed by atoms with Gasteiger partial charge in [0.25, 0.3) is 0 Å². The lowest BCUT2D eigenvalue weighted by molar-refractivity contribution is -0.127. The van der Waals surface area contributed by atoms with Crippen molar-refractivity contribution in [3.8, 4) is 11.4 Å². The summed E-state index contributed by atoms with van der Waals surface area (Å²) in [5.74, 6) is 0.801. The van der Waals surface area contributed by atoms with Gasteiger partial charge in [-0.05, 0) is 31.2 Å². The standard InChI is InChI=1S/C14H17ClN4OS/c1-9(13(20)18(2)3)21-14-17-16-12(19(14)4)10-5-7-11(15)8-6-10/h5-9H,1-4H3. The summed E-state index contributed by atoms with van der Waals surface area (Å²) in [5, 5.41) is 9.55. The number of halogens is 1. The first-order valence-corrected chi connectivity index (χ1v) is 7.69. The summed E-state index contributed by atoms with van der Waals surface area (Å²) in [6, 6.07) is 7.43. The van der Waals surface area contributed by atoms with Crippen molar-refractivity contribution in [2.45, 2.75) is 17.3 Å². The summed E-state index contributed by atoms with van der Waals surface area (Å²) in [6.07, 6.45) is 0. The van der Waals surface area contributed by atoms with Crippen LogP contribution in [0.15, 0.2) is 29.4 Å². The van der Waals surface area contributed by atoms with E-state index in [9.17, 15) is 4.79 Å². The van der Waals surface area contributed by atoms with Crippen molar-refractivity contribution in [3.05, 3.63) is 29.3 Å². The molecular weight excluding hydrogens is 308 g/mol. The van der Waals surface area contributed by atoms with Crippen LogP contribution in [0, 0.1) is 0 Å². The highest BCUT2D eigenvalue weighted by Gasteiger charge is 2.20. The minimum atomic E-state index is -0.207. The summed E-state index contributed by atoms with van der Waals surface area (Å²) >= 11 is 7.29. The van der Waals surface area contributed by atoms with E-state index >= 15 is 0 Å². The lowest BCUT2D eigenvalue weighted by atomic mass is 10.2. The molecular formula is C14H17ClN4OS. The normalized spacial score (nSPS) is 12.2. The highest BCUT2D eigenvalue weighted by molar-refractivity contribution is 8.00. The van der Waals surface area contributed by atoms with Gasteiger partial charge in [-0.2, -0.15) is 0 Å². The van der Waals surface area contributed by atoms with Crippen LogP contribution in [-0.2, 0) is 11.8 Å². The van der Waals surface area contributed by atoms with Crippen LogP contribution in [0.3, 0.4) is 0 Å². The second-order valence-electron chi connectivity index (χ2n) is 4.86. The molecule has 1 aromatic carbocycles. The number of thioether (sulfide) groups is 1. The van der Waals surface area contributed by atoms with Crippen molar-refractivity contribution >= 4 is 29.3 Å². The molecule has 2 rings (SSSR count). The van der Waals surface area contributed by atoms with E-state index in [1.165, 1.54) is 11.8 Å². The number of carbonyl (C=O) groups excluding carboxylic acids is 1. The van der Waals surface area contributed by atoms with Gasteiger partial charge in [-0.25, -0.2) is 0 Å². The zero-order chi connectivity index (χ0) is 15.6. The third kappa shape index (κ3) is 3.57. The van der Waals surface area contributed by atoms with Crippen LogP contribution in [-0.4, -0.2) is 44.9 Å². The zero-order valence-corrected chi connectivity index (χ0v) is 13.9. The lowest BCUT2D eigenvalue weighted by Crippen LogP contribution is -2.29. The van der Waals surface area contributed by atoms with Gasteiger partial charge in [0.1, 0.15) is 0 Å². The van der Waals surface area contributed by atoms with Gasteiger partial charge in [0.05, 0.1) is 5.25 Å². The first-order chi connectivity index (χ1) is 9.90. The second kappa shape index (κ2) is 6.49. The zero-order valence-electron chi connectivity index (χ0n) is 12.4. The van der Waals surface area contributed by atoms with Gasteiger partial charge < -0.3 is 9.47 Å². The van der Waals surface area contributed by atoms with Gasteiger partial charge in [0.15, 0.2) is 11.0 Å². The Hall–Kier alpha value is -1.53. The highest BCUT2D eigenvalue weighted by atomic mass is 35.5. The number of hydrogen-bond donors (Lipinski definition) is 0. The van der Waals surface area contributed by atoms with Crippen molar-refractivity contribution in [2.75, 3.05) is 14.1 Å². The smallest absolute Gasteiger partial charge is 0.235 e. The Bertz CT molecular complexity index is 639. The predicted molar refractivity (Wildman–Crippen MR) is 85.5 cm³/mol. The quantitative estimate of drug-likeness (QED) is 0.811. The number of amides is 1. The summed E-state index contributed by atoms with van der Waals surface area (Å²) in [5.41, 5.74) is 0.938. The molecule has 0 N–H and O–H groups in total. The van der Waals surface area contributed by atoms with Gasteiger partial charge in [-0.3, -0.25) is 4.79 Å². The van der Waals surface area contributed by atoms with Gasteiger partial charge in [0, 0.05) is 31.7 Å². The van der Waals surface area contributed by atoms with Crippen LogP contribution in [0.2, 0.25) is 5.02 Å². The third-order valence-corrected chi connectivity index (χ3v) is 4.38. The fourth-order valence-corrected chi connectivity index (χ4v) is 2.93. The maximum atomic E-state index is 11.9. The van der Waals surface area contributed by atoms with Crippen LogP contribution in [0.5, 0.6) is 0 Å². The third-order valence-electron chi connectivity index (χ3n) is 3.01. The molecule has 0 aliphatic carbocycles. The van der Waals surface area contributed by atoms with E-state index in [4.69, 9.17) is 11.6 Å². The second-order valence-corrected chi connectivity index (χ2v) is 6.61. The average Bonchev–Trinajstić information content (AvgIpc) is 2.80. The highest BCUT2D eigenvalue weighted by Crippen LogP contribution is 2.26. The van der Waals surface area contributed by atoms with Crippen molar-refractivity contribution in [1.29, 1.82) is 0 Å². The van der Waals surface area contributed by atoms with Crippen LogP contribution < -0.4 is 0 Å². The average molecular weight is 325 g/mol. The molecule has 0 saturated carbocycles. The Morgan fingerprint density at radius 1 is 1.29 bits per heavy atom. The van der Waals surface area contributed by atoms with Gasteiger partial charge in [-0.15, -0.1) is 10.2 Å². The Kier molecular flexibility index (Phi) is 4.90. The summed E-state index contributed by atoms with van der Waals surface area (Å²) in [7, 11) is 5.38. The van der Waals surface area contributed by atoms with Crippen LogP contribution in [0.25, 0.3) is 11.4 Å². The summed E-state index contributed by atoms with van der Waals surface area (Å²) < 4.78 is 1.88. The Labute approximate surface area is 133 Å². The number of rotatable bonds is 4. The van der Waals surface area contributed by atoms with Gasteiger partial charge >= 0.3 is 0 Å². The van der Waals surface area contributed by atoms with E-state index in [-0.39, 0.29) is 11.2 Å². The molecule has 0 aliphatic heterocycles. The lowest BCUT2D eigenvalue weighted by Gasteiger charge is -2.15. The van der Waals surface area contributed by atoms with Crippen molar-refractivity contribution in [1.82, 2.24) is 19.7 Å². The monoisotopic (exact) mass is 324 g/mol. The fraction of sp³-hybridized carbons (Fsp3) is 0.357. The van der Waals surface area contributed by atoms with E-state index in [1.807, 2.05) is 42.8 Å². The SMILES string of the molecule is CC(Sc1nnc(-c2ccc(Cl)cc2)n1C)C(=O)N(C)C. The Morgan fingerprint density at radius 2 is 1.90 bits per heavy atom. The molecule has 21 heavy (non-hydrogen) atoms. The van der Waals surface area contributed by atoms with E-state index in [2.05, 4.69) is 10.2 Å². The van der Waals surface area contributed by atoms with Gasteiger partial charge in [0.2, 0.25) is 5.91 Å². The minimum absolute atomic E-state index is 0.0519. The van der Waals surface area contributed by atoms with Crippen LogP contribution in [0.4, 0.5) is 0 Å². The summed E-state index contributed by atoms with van der Waals surface area (Å²) in [6.45, 7) is 1.86. The predicted octanol–water partition coefficient (Wildman–Crippen LogP) is 2.70. The molecule has 7 heteroatoms. The number of carbonyl (C=O) groups is 1. The van der Waals surface area contributed by atoms with E-state index in [0.29, 0.717) is 10.2 Å². The first kappa shape index (κ1) is 15.9. The maximum absolute atomic E-state index is 11.9. The number of nitrogens with zero attached hydrogens (tertiary/aromatic N) is 4. The first-order valence-electron chi connectivity index (χ1n) is 6.43. The van der Waals surface area contributed by atoms with Crippen molar-refractivity contribution in [3.63, 3.8) is 0 Å². The van der Waals surface area contributed by atoms with Crippen LogP contribution in [0.1, 0.15) is 6.92 Å². The molecule has 1 atom stereocenters. The molecule has 0 radical (unpaired) electrons. The molecule has 2 aromatic rings. The van der Waals surface area contributed by atoms with E-state index in [0.717, 1.165) is 11.4 Å². The molecule has 0 spiro atoms. The Balaban J connectivity index is 2.21. The maximum Gasteiger partial charge on any atom is 0.235 e. The molecule has 0 aliphatic rings. The molecule has 1 amide bonds. The van der Waals surface area contributed by atoms with Crippen LogP contribution >= 0.6 is 23.4 Å². The molecule has 0 bridgehead atoms. The largest absolute Gasteiger partial charge is 0.348 e. The van der Waals surface area contributed by atoms with Crippen molar-refractivity contribution in [2.24, 2.45) is 7.05 Å². The number of benzene rings is 1. The van der Waals surface area contributed by atoms with Gasteiger partial charge in [-0.1, -0.05) is 23.4 Å². The Morgan fingerprint density at radius 3 is 2.48 bits per heavy atom. The number of aromatic nitrogens is 3. The molecule has 112 valence electrons. The molecule has 0 saturated heterocycles. The molecule has 1 aromatic heterocycles. The molecule has 5 nitrogen and oxygen atoms in total. The summed E-state index contributed by atoms with van der Waals surface area (Å²) in [4.78, 5) is 13.5. The minimum Gasteiger partial charge on any atom is -0.348 e. The fourth-order valence-electron chi connectivity index (χ4n) is 1.84.